The van der Waals surface area contributed by atoms with Crippen molar-refractivity contribution in [1.82, 2.24) is 9.55 Å². The van der Waals surface area contributed by atoms with Crippen LogP contribution in [0.15, 0.2) is 101 Å². The van der Waals surface area contributed by atoms with E-state index in [-0.39, 0.29) is 38.7 Å². The van der Waals surface area contributed by atoms with Gasteiger partial charge in [-0.05, 0) is 83.8 Å². The maximum atomic E-state index is 9.81. The summed E-state index contributed by atoms with van der Waals surface area (Å²) in [6, 6.07) is 32.5. The summed E-state index contributed by atoms with van der Waals surface area (Å²) in [7, 11) is 0. The smallest absolute Gasteiger partial charge is 0.149 e. The van der Waals surface area contributed by atoms with Gasteiger partial charge in [0, 0.05) is 24.6 Å². The van der Waals surface area contributed by atoms with Crippen molar-refractivity contribution < 1.29 is 12.6 Å². The molecule has 0 atom stereocenters. The van der Waals surface area contributed by atoms with Crippen molar-refractivity contribution >= 4 is 33.0 Å². The van der Waals surface area contributed by atoms with E-state index in [1.165, 1.54) is 6.07 Å². The topological polar surface area (TPSA) is 54.8 Å². The Morgan fingerprint density at radius 2 is 1.64 bits per heavy atom. The van der Waals surface area contributed by atoms with Crippen LogP contribution in [0, 0.1) is 25.0 Å². The predicted octanol–water partition coefficient (Wildman–Crippen LogP) is 10.0. The molecular weight excluding hydrogens is 514 g/mol. The molecule has 0 fully saturated rings. The maximum absolute atomic E-state index is 9.81. The molecule has 5 aromatic carbocycles. The van der Waals surface area contributed by atoms with Gasteiger partial charge in [-0.3, -0.25) is 4.57 Å². The molecule has 0 saturated heterocycles. The van der Waals surface area contributed by atoms with Gasteiger partial charge in [0.15, 0.2) is 0 Å². The highest BCUT2D eigenvalue weighted by Crippen LogP contribution is 2.42. The third kappa shape index (κ3) is 3.93. The molecular formula is C38H31N3O. The molecule has 0 aliphatic heterocycles. The average Bonchev–Trinajstić information content (AvgIpc) is 3.61. The molecule has 42 heavy (non-hydrogen) atoms. The fraction of sp³-hybridized carbons (Fsp3) is 0.158. The SMILES string of the molecule is [2H]C([2H])([2H])c1c(C#N)ccc2c1oc1c(-c3nc4ccccc4n3-c3ccc(-c4ccccc4)cc3C(C)(C)C)ccc(C([2H])([2H])[2H])c12. The van der Waals surface area contributed by atoms with Gasteiger partial charge >= 0.3 is 0 Å². The minimum atomic E-state index is -2.69. The van der Waals surface area contributed by atoms with E-state index >= 15 is 0 Å². The molecule has 0 N–H and O–H groups in total. The fourth-order valence-electron chi connectivity index (χ4n) is 5.81. The normalized spacial score (nSPS) is 14.6. The van der Waals surface area contributed by atoms with E-state index in [2.05, 4.69) is 55.7 Å². The van der Waals surface area contributed by atoms with Crippen LogP contribution in [0.25, 0.3) is 61.2 Å². The van der Waals surface area contributed by atoms with Crippen LogP contribution < -0.4 is 0 Å². The van der Waals surface area contributed by atoms with Gasteiger partial charge < -0.3 is 4.42 Å². The average molecular weight is 552 g/mol. The lowest BCUT2D eigenvalue weighted by molar-refractivity contribution is 0.587. The lowest BCUT2D eigenvalue weighted by Crippen LogP contribution is -2.16. The fourth-order valence-corrected chi connectivity index (χ4v) is 5.81. The van der Waals surface area contributed by atoms with Crippen LogP contribution in [0.2, 0.25) is 0 Å². The van der Waals surface area contributed by atoms with E-state index in [0.717, 1.165) is 33.4 Å². The van der Waals surface area contributed by atoms with Crippen molar-refractivity contribution in [2.75, 3.05) is 0 Å². The van der Waals surface area contributed by atoms with Crippen molar-refractivity contribution in [2.24, 2.45) is 0 Å². The zero-order valence-corrected chi connectivity index (χ0v) is 23.5. The zero-order valence-electron chi connectivity index (χ0n) is 29.5. The molecule has 4 nitrogen and oxygen atoms in total. The molecule has 0 aliphatic rings. The van der Waals surface area contributed by atoms with Crippen molar-refractivity contribution in [2.45, 2.75) is 39.9 Å². The minimum Gasteiger partial charge on any atom is -0.455 e. The summed E-state index contributed by atoms with van der Waals surface area (Å²) < 4.78 is 58.3. The van der Waals surface area contributed by atoms with E-state index in [1.807, 2.05) is 48.5 Å². The first-order chi connectivity index (χ1) is 22.7. The van der Waals surface area contributed by atoms with Crippen LogP contribution in [0.3, 0.4) is 0 Å². The first-order valence-electron chi connectivity index (χ1n) is 16.8. The molecule has 204 valence electrons. The standard InChI is InChI=1S/C38H31N3O/c1-23-15-18-29(36-34(23)28-19-16-27(22-39)24(2)35(28)42-36)37-40-31-13-9-10-14-33(31)41(37)32-20-17-26(21-30(32)38(3,4)5)25-11-7-6-8-12-25/h6-21H,1-5H3/i1D3,2D3. The maximum Gasteiger partial charge on any atom is 0.149 e. The van der Waals surface area contributed by atoms with Crippen molar-refractivity contribution in [3.63, 3.8) is 0 Å². The molecule has 2 aromatic heterocycles. The second-order valence-corrected chi connectivity index (χ2v) is 11.6. The van der Waals surface area contributed by atoms with Crippen molar-refractivity contribution in [3.05, 3.63) is 119 Å². The summed E-state index contributed by atoms with van der Waals surface area (Å²) in [5, 5.41) is 10.4. The third-order valence-corrected chi connectivity index (χ3v) is 7.86. The summed E-state index contributed by atoms with van der Waals surface area (Å²) >= 11 is 0. The molecule has 0 radical (unpaired) electrons. The largest absolute Gasteiger partial charge is 0.455 e. The molecule has 4 heteroatoms. The van der Waals surface area contributed by atoms with Gasteiger partial charge in [-0.25, -0.2) is 4.98 Å². The highest BCUT2D eigenvalue weighted by atomic mass is 16.3. The number of hydrogen-bond acceptors (Lipinski definition) is 3. The van der Waals surface area contributed by atoms with Crippen LogP contribution >= 0.6 is 0 Å². The zero-order chi connectivity index (χ0) is 34.2. The summed E-state index contributed by atoms with van der Waals surface area (Å²) in [6.45, 7) is 1.25. The van der Waals surface area contributed by atoms with E-state index in [0.29, 0.717) is 16.8 Å². The molecule has 0 amide bonds. The summed E-state index contributed by atoms with van der Waals surface area (Å²) in [5.41, 5.74) is 5.76. The van der Waals surface area contributed by atoms with Crippen LogP contribution in [0.4, 0.5) is 0 Å². The van der Waals surface area contributed by atoms with E-state index in [4.69, 9.17) is 17.6 Å². The Bertz CT molecular complexity index is 2420. The first kappa shape index (κ1) is 19.9. The number of aryl methyl sites for hydroxylation is 2. The highest BCUT2D eigenvalue weighted by Gasteiger charge is 2.26. The van der Waals surface area contributed by atoms with Crippen LogP contribution in [-0.4, -0.2) is 9.55 Å². The van der Waals surface area contributed by atoms with Gasteiger partial charge in [0.1, 0.15) is 17.0 Å². The lowest BCUT2D eigenvalue weighted by atomic mass is 9.83. The highest BCUT2D eigenvalue weighted by molar-refractivity contribution is 6.12. The number of nitrogens with zero attached hydrogens (tertiary/aromatic N) is 3. The Balaban J connectivity index is 1.61. The second-order valence-electron chi connectivity index (χ2n) is 11.6. The number of hydrogen-bond donors (Lipinski definition) is 0. The first-order valence-corrected chi connectivity index (χ1v) is 13.8. The Morgan fingerprint density at radius 3 is 2.40 bits per heavy atom. The van der Waals surface area contributed by atoms with E-state index in [1.54, 1.807) is 18.2 Å². The van der Waals surface area contributed by atoms with Crippen molar-refractivity contribution in [1.29, 1.82) is 5.26 Å². The molecule has 0 unspecified atom stereocenters. The van der Waals surface area contributed by atoms with Crippen LogP contribution in [0.1, 0.15) is 51.2 Å². The predicted molar refractivity (Wildman–Crippen MR) is 172 cm³/mol. The molecule has 2 heterocycles. The third-order valence-electron chi connectivity index (χ3n) is 7.86. The van der Waals surface area contributed by atoms with E-state index < -0.39 is 13.7 Å². The minimum absolute atomic E-state index is 0.0199. The quantitative estimate of drug-likeness (QED) is 0.219. The Morgan fingerprint density at radius 1 is 0.833 bits per heavy atom. The molecule has 7 rings (SSSR count). The number of nitriles is 1. The van der Waals surface area contributed by atoms with Gasteiger partial charge in [-0.2, -0.15) is 5.26 Å². The summed E-state index contributed by atoms with van der Waals surface area (Å²) in [6.07, 6.45) is 0. The van der Waals surface area contributed by atoms with Crippen molar-refractivity contribution in [3.8, 4) is 34.3 Å². The number of fused-ring (bicyclic) bond motifs is 4. The Kier molecular flexibility index (Phi) is 4.47. The number of benzene rings is 5. The van der Waals surface area contributed by atoms with Crippen LogP contribution in [0.5, 0.6) is 0 Å². The molecule has 7 aromatic rings. The number of furan rings is 1. The molecule has 0 saturated carbocycles. The van der Waals surface area contributed by atoms with Crippen LogP contribution in [-0.2, 0) is 5.41 Å². The Hall–Kier alpha value is -5.14. The monoisotopic (exact) mass is 551 g/mol. The molecule has 0 spiro atoms. The molecule has 0 aliphatic carbocycles. The number of para-hydroxylation sites is 2. The van der Waals surface area contributed by atoms with Gasteiger partial charge in [0.25, 0.3) is 0 Å². The number of imidazole rings is 1. The Labute approximate surface area is 253 Å². The lowest BCUT2D eigenvalue weighted by Gasteiger charge is -2.25. The van der Waals surface area contributed by atoms with E-state index in [9.17, 15) is 5.26 Å². The number of aromatic nitrogens is 2. The number of rotatable bonds is 3. The van der Waals surface area contributed by atoms with Gasteiger partial charge in [0.2, 0.25) is 0 Å². The van der Waals surface area contributed by atoms with Gasteiger partial charge in [-0.1, -0.05) is 75.4 Å². The summed E-state index contributed by atoms with van der Waals surface area (Å²) in [5.74, 6) is 0.506. The summed E-state index contributed by atoms with van der Waals surface area (Å²) in [4.78, 5) is 5.08. The molecule has 0 bridgehead atoms. The second kappa shape index (κ2) is 9.46. The van der Waals surface area contributed by atoms with Gasteiger partial charge in [-0.15, -0.1) is 0 Å². The van der Waals surface area contributed by atoms with Gasteiger partial charge in [0.05, 0.1) is 33.9 Å².